The van der Waals surface area contributed by atoms with Gasteiger partial charge in [0.15, 0.2) is 43.8 Å². The predicted octanol–water partition coefficient (Wildman–Crippen LogP) is 11.5. The Kier molecular flexibility index (Phi) is 25.6. The van der Waals surface area contributed by atoms with Crippen molar-refractivity contribution in [2.24, 2.45) is 0 Å². The van der Waals surface area contributed by atoms with Gasteiger partial charge in [0.05, 0.1) is 14.7 Å². The SMILES string of the molecule is CCCCCc1ccc(-c2ccc(S(=O)(=O)C3(C(=O)NO)CCOCC3)cc2)c(F)c1.CCCCCc1ccc(-c2ccc(S(=O)(=O)C3(C(=O)NO)CCOCC3)cc2)cc1.CCCCc1ccc(-c2ccc(S(=O)(=O)C3(C(=O)NO)CCOCC3)cc2)cc1. The Bertz CT molecular complexity index is 3660. The first-order valence-electron chi connectivity index (χ1n) is 30.8. The maximum absolute atomic E-state index is 14.7. The minimum atomic E-state index is -4.11. The molecule has 0 radical (unpaired) electrons. The number of hydrogen-bond donors (Lipinski definition) is 6. The molecule has 3 aliphatic rings. The molecule has 3 fully saturated rings. The summed E-state index contributed by atoms with van der Waals surface area (Å²) in [5, 5.41) is 27.4. The van der Waals surface area contributed by atoms with Crippen LogP contribution >= 0.6 is 0 Å². The molecule has 6 N–H and O–H groups in total. The summed E-state index contributed by atoms with van der Waals surface area (Å²) in [4.78, 5) is 37.0. The second-order valence-corrected chi connectivity index (χ2v) is 29.7. The first-order chi connectivity index (χ1) is 43.2. The molecule has 0 aromatic heterocycles. The molecule has 486 valence electrons. The van der Waals surface area contributed by atoms with Crippen LogP contribution < -0.4 is 16.4 Å². The van der Waals surface area contributed by atoms with Crippen LogP contribution in [0, 0.1) is 5.82 Å². The Balaban J connectivity index is 0.000000192. The number of benzene rings is 6. The van der Waals surface area contributed by atoms with E-state index in [9.17, 15) is 44.0 Å². The molecular formula is C68H84FN3O15S3. The van der Waals surface area contributed by atoms with Gasteiger partial charge < -0.3 is 14.2 Å². The van der Waals surface area contributed by atoms with Gasteiger partial charge in [-0.05, 0) is 164 Å². The highest BCUT2D eigenvalue weighted by atomic mass is 32.2. The third-order valence-corrected chi connectivity index (χ3v) is 24.9. The summed E-state index contributed by atoms with van der Waals surface area (Å²) in [6.07, 6.45) is 11.9. The normalized spacial score (nSPS) is 16.2. The lowest BCUT2D eigenvalue weighted by molar-refractivity contribution is -0.135. The Morgan fingerprint density at radius 2 is 0.656 bits per heavy atom. The van der Waals surface area contributed by atoms with E-state index in [1.807, 2.05) is 30.3 Å². The van der Waals surface area contributed by atoms with Crippen molar-refractivity contribution in [1.82, 2.24) is 16.4 Å². The third kappa shape index (κ3) is 15.9. The Labute approximate surface area is 528 Å². The van der Waals surface area contributed by atoms with Gasteiger partial charge in [0, 0.05) is 45.2 Å². The average Bonchev–Trinajstić information content (AvgIpc) is 0.776. The first-order valence-corrected chi connectivity index (χ1v) is 35.3. The topological polar surface area (TPSA) is 278 Å². The number of carbonyl (C=O) groups excluding carboxylic acids is 3. The summed E-state index contributed by atoms with van der Waals surface area (Å²) in [5.74, 6) is -3.14. The highest BCUT2D eigenvalue weighted by molar-refractivity contribution is 7.94. The second kappa shape index (κ2) is 32.5. The van der Waals surface area contributed by atoms with Crippen molar-refractivity contribution in [3.63, 3.8) is 0 Å². The molecule has 22 heteroatoms. The van der Waals surface area contributed by atoms with Crippen molar-refractivity contribution < 1.29 is 73.9 Å². The monoisotopic (exact) mass is 1300 g/mol. The standard InChI is InChI=1S/C23H28FNO5S.C23H29NO5S.C22H27NO5S/c1-2-3-4-5-17-6-11-20(21(24)16-17)18-7-9-19(10-8-18)31(28,29)23(22(26)25-27)12-14-30-15-13-23;1-2-3-4-5-18-6-8-19(9-7-18)20-10-12-21(13-11-20)30(27,28)23(22(25)24-26)14-16-29-17-15-23;1-2-3-4-17-5-7-18(8-6-17)19-9-11-20(12-10-19)29(26,27)22(21(24)23-25)13-15-28-16-14-22/h6-11,16,27H,2-5,12-15H2,1H3,(H,25,26);6-13,26H,2-5,14-17H2,1H3,(H,24,25);5-12,25H,2-4,13-16H2,1H3,(H,23,24). The van der Waals surface area contributed by atoms with Crippen molar-refractivity contribution >= 4 is 47.2 Å². The lowest BCUT2D eigenvalue weighted by atomic mass is 9.98. The number of nitrogens with one attached hydrogen (secondary N) is 3. The maximum Gasteiger partial charge on any atom is 0.265 e. The Morgan fingerprint density at radius 1 is 0.389 bits per heavy atom. The van der Waals surface area contributed by atoms with Crippen molar-refractivity contribution in [1.29, 1.82) is 0 Å². The lowest BCUT2D eigenvalue weighted by Gasteiger charge is -2.34. The number of hydrogen-bond acceptors (Lipinski definition) is 15. The third-order valence-electron chi connectivity index (χ3n) is 17.4. The number of unbranched alkanes of at least 4 members (excludes halogenated alkanes) is 5. The number of hydroxylamine groups is 3. The molecule has 18 nitrogen and oxygen atoms in total. The molecular weight excluding hydrogens is 1210 g/mol. The summed E-state index contributed by atoms with van der Waals surface area (Å²) >= 11 is 0. The molecule has 3 heterocycles. The van der Waals surface area contributed by atoms with Gasteiger partial charge in [0.1, 0.15) is 5.82 Å². The van der Waals surface area contributed by atoms with Crippen molar-refractivity contribution in [3.8, 4) is 33.4 Å². The highest BCUT2D eigenvalue weighted by Crippen LogP contribution is 2.40. The number of aryl methyl sites for hydroxylation is 3. The second-order valence-electron chi connectivity index (χ2n) is 23.0. The molecule has 3 aliphatic heterocycles. The van der Waals surface area contributed by atoms with Crippen LogP contribution in [0.4, 0.5) is 4.39 Å². The number of carbonyl (C=O) groups is 3. The molecule has 0 saturated carbocycles. The lowest BCUT2D eigenvalue weighted by Crippen LogP contribution is -2.54. The molecule has 0 atom stereocenters. The fourth-order valence-electron chi connectivity index (χ4n) is 11.6. The fraction of sp³-hybridized carbons (Fsp3) is 0.426. The van der Waals surface area contributed by atoms with Crippen molar-refractivity contribution in [2.75, 3.05) is 39.6 Å². The minimum Gasteiger partial charge on any atom is -0.381 e. The van der Waals surface area contributed by atoms with Crippen molar-refractivity contribution in [3.05, 3.63) is 162 Å². The van der Waals surface area contributed by atoms with Crippen LogP contribution in [0.1, 0.15) is 127 Å². The minimum absolute atomic E-state index is 0.00268. The average molecular weight is 1300 g/mol. The zero-order valence-corrected chi connectivity index (χ0v) is 53.8. The number of halogens is 1. The molecule has 0 unspecified atom stereocenters. The van der Waals surface area contributed by atoms with Gasteiger partial charge in [0.25, 0.3) is 17.7 Å². The van der Waals surface area contributed by atoms with Crippen molar-refractivity contribution in [2.45, 2.75) is 159 Å². The molecule has 9 rings (SSSR count). The maximum atomic E-state index is 14.7. The van der Waals surface area contributed by atoms with Crippen LogP contribution in [-0.2, 0) is 77.4 Å². The highest BCUT2D eigenvalue weighted by Gasteiger charge is 2.54. The van der Waals surface area contributed by atoms with Crippen LogP contribution in [0.15, 0.2) is 154 Å². The van der Waals surface area contributed by atoms with Crippen LogP contribution in [0.5, 0.6) is 0 Å². The van der Waals surface area contributed by atoms with Gasteiger partial charge in [0.2, 0.25) is 0 Å². The van der Waals surface area contributed by atoms with Gasteiger partial charge in [-0.25, -0.2) is 46.1 Å². The van der Waals surface area contributed by atoms with Crippen LogP contribution in [-0.4, -0.2) is 112 Å². The zero-order chi connectivity index (χ0) is 65.0. The van der Waals surface area contributed by atoms with E-state index < -0.39 is 61.5 Å². The number of rotatable bonds is 23. The van der Waals surface area contributed by atoms with Crippen LogP contribution in [0.25, 0.3) is 33.4 Å². The largest absolute Gasteiger partial charge is 0.381 e. The van der Waals surface area contributed by atoms with E-state index in [0.717, 1.165) is 79.2 Å². The van der Waals surface area contributed by atoms with E-state index >= 15 is 0 Å². The van der Waals surface area contributed by atoms with Gasteiger partial charge in [-0.1, -0.05) is 150 Å². The summed E-state index contributed by atoms with van der Waals surface area (Å²) in [6.45, 7) is 7.26. The van der Waals surface area contributed by atoms with E-state index in [1.54, 1.807) is 30.3 Å². The fourth-order valence-corrected chi connectivity index (χ4v) is 17.4. The molecule has 0 spiro atoms. The van der Waals surface area contributed by atoms with E-state index in [4.69, 9.17) is 29.8 Å². The van der Waals surface area contributed by atoms with E-state index in [-0.39, 0.29) is 98.7 Å². The first kappa shape index (κ1) is 70.7. The van der Waals surface area contributed by atoms with Gasteiger partial charge in [-0.3, -0.25) is 30.0 Å². The van der Waals surface area contributed by atoms with Gasteiger partial charge >= 0.3 is 0 Å². The van der Waals surface area contributed by atoms with Crippen LogP contribution in [0.3, 0.4) is 0 Å². The molecule has 90 heavy (non-hydrogen) atoms. The summed E-state index contributed by atoms with van der Waals surface area (Å²) < 4.78 is 105. The van der Waals surface area contributed by atoms with E-state index in [1.165, 1.54) is 101 Å². The Hall–Kier alpha value is -6.73. The number of sulfone groups is 3. The van der Waals surface area contributed by atoms with Gasteiger partial charge in [-0.15, -0.1) is 0 Å². The molecule has 6 aromatic rings. The van der Waals surface area contributed by atoms with Gasteiger partial charge in [-0.2, -0.15) is 0 Å². The number of ether oxygens (including phenoxy) is 3. The zero-order valence-electron chi connectivity index (χ0n) is 51.4. The molecule has 0 aliphatic carbocycles. The molecule has 6 aromatic carbocycles. The summed E-state index contributed by atoms with van der Waals surface area (Å²) in [7, 11) is -12.1. The smallest absolute Gasteiger partial charge is 0.265 e. The molecule has 0 bridgehead atoms. The van der Waals surface area contributed by atoms with Crippen LogP contribution in [0.2, 0.25) is 0 Å². The summed E-state index contributed by atoms with van der Waals surface area (Å²) in [5.41, 5.74) is 12.8. The van der Waals surface area contributed by atoms with E-state index in [0.29, 0.717) is 11.1 Å². The molecule has 3 amide bonds. The number of amides is 3. The predicted molar refractivity (Wildman–Crippen MR) is 340 cm³/mol. The quantitative estimate of drug-likeness (QED) is 0.0198. The Morgan fingerprint density at radius 3 is 0.944 bits per heavy atom. The van der Waals surface area contributed by atoms with E-state index in [2.05, 4.69) is 45.0 Å². The molecule has 3 saturated heterocycles. The summed E-state index contributed by atoms with van der Waals surface area (Å²) in [6, 6.07) is 40.6.